The summed E-state index contributed by atoms with van der Waals surface area (Å²) in [6.45, 7) is 1.97. The molecule has 0 aromatic heterocycles. The second-order valence-corrected chi connectivity index (χ2v) is 4.28. The number of ether oxygens (including phenoxy) is 2. The van der Waals surface area contributed by atoms with Crippen molar-refractivity contribution in [3.05, 3.63) is 35.9 Å². The Morgan fingerprint density at radius 1 is 1.32 bits per heavy atom. The van der Waals surface area contributed by atoms with Crippen LogP contribution < -0.4 is 5.32 Å². The van der Waals surface area contributed by atoms with Gasteiger partial charge in [0.25, 0.3) is 0 Å². The summed E-state index contributed by atoms with van der Waals surface area (Å²) in [6, 6.07) is 8.44. The van der Waals surface area contributed by atoms with Crippen LogP contribution in [0, 0.1) is 0 Å². The van der Waals surface area contributed by atoms with Gasteiger partial charge in [-0.1, -0.05) is 30.3 Å². The smallest absolute Gasteiger partial charge is 0.407 e. The molecule has 104 valence electrons. The van der Waals surface area contributed by atoms with Crippen LogP contribution in [-0.4, -0.2) is 31.0 Å². The summed E-state index contributed by atoms with van der Waals surface area (Å²) in [6.07, 6.45) is -0.628. The standard InChI is InChI=1S/C13H17NO4S/c1-3-18-12(15)11(19)10(14-13(16)17-2)9-7-5-4-6-8-9/h4-8,10-11,19H,3H2,1-2H3,(H,14,16)/t10-,11+/m0/s1. The number of carbonyl (C=O) groups is 2. The van der Waals surface area contributed by atoms with Crippen molar-refractivity contribution in [2.45, 2.75) is 18.2 Å². The normalized spacial score (nSPS) is 13.2. The largest absolute Gasteiger partial charge is 0.465 e. The molecule has 0 unspecified atom stereocenters. The van der Waals surface area contributed by atoms with Gasteiger partial charge in [0, 0.05) is 0 Å². The number of carbonyl (C=O) groups excluding carboxylic acids is 2. The molecule has 0 aliphatic rings. The van der Waals surface area contributed by atoms with E-state index in [4.69, 9.17) is 4.74 Å². The van der Waals surface area contributed by atoms with E-state index in [9.17, 15) is 9.59 Å². The molecule has 0 aliphatic heterocycles. The molecule has 0 spiro atoms. The SMILES string of the molecule is CCOC(=O)[C@H](S)[C@@H](NC(=O)OC)c1ccccc1. The molecule has 0 radical (unpaired) electrons. The lowest BCUT2D eigenvalue weighted by molar-refractivity contribution is -0.142. The summed E-state index contributed by atoms with van der Waals surface area (Å²) in [5.41, 5.74) is 0.751. The summed E-state index contributed by atoms with van der Waals surface area (Å²) in [7, 11) is 1.26. The Kier molecular flexibility index (Phi) is 6.21. The number of amides is 1. The van der Waals surface area contributed by atoms with Crippen LogP contribution >= 0.6 is 12.6 Å². The highest BCUT2D eigenvalue weighted by Gasteiger charge is 2.29. The molecule has 1 N–H and O–H groups in total. The van der Waals surface area contributed by atoms with Crippen LogP contribution in [-0.2, 0) is 14.3 Å². The van der Waals surface area contributed by atoms with Gasteiger partial charge >= 0.3 is 12.1 Å². The van der Waals surface area contributed by atoms with Crippen molar-refractivity contribution in [1.82, 2.24) is 5.32 Å². The Hall–Kier alpha value is -1.69. The molecule has 19 heavy (non-hydrogen) atoms. The van der Waals surface area contributed by atoms with Crippen molar-refractivity contribution in [2.75, 3.05) is 13.7 Å². The van der Waals surface area contributed by atoms with Gasteiger partial charge in [-0.15, -0.1) is 0 Å². The van der Waals surface area contributed by atoms with Gasteiger partial charge in [0.2, 0.25) is 0 Å². The molecule has 0 bridgehead atoms. The number of methoxy groups -OCH3 is 1. The fourth-order valence-corrected chi connectivity index (χ4v) is 1.88. The fraction of sp³-hybridized carbons (Fsp3) is 0.385. The molecule has 0 fully saturated rings. The van der Waals surface area contributed by atoms with Crippen LogP contribution in [0.25, 0.3) is 0 Å². The molecule has 1 rings (SSSR count). The van der Waals surface area contributed by atoms with Gasteiger partial charge in [0.1, 0.15) is 5.25 Å². The van der Waals surface area contributed by atoms with Crippen molar-refractivity contribution >= 4 is 24.7 Å². The number of esters is 1. The van der Waals surface area contributed by atoms with E-state index in [-0.39, 0.29) is 6.61 Å². The molecular formula is C13H17NO4S. The minimum atomic E-state index is -0.804. The van der Waals surface area contributed by atoms with E-state index >= 15 is 0 Å². The highest BCUT2D eigenvalue weighted by Crippen LogP contribution is 2.22. The van der Waals surface area contributed by atoms with Crippen LogP contribution in [0.4, 0.5) is 4.79 Å². The average molecular weight is 283 g/mol. The van der Waals surface area contributed by atoms with Crippen LogP contribution in [0.2, 0.25) is 0 Å². The lowest BCUT2D eigenvalue weighted by atomic mass is 10.0. The molecule has 0 aliphatic carbocycles. The highest BCUT2D eigenvalue weighted by molar-refractivity contribution is 7.81. The fourth-order valence-electron chi connectivity index (χ4n) is 1.55. The van der Waals surface area contributed by atoms with Crippen molar-refractivity contribution in [3.8, 4) is 0 Å². The monoisotopic (exact) mass is 283 g/mol. The number of hydrogen-bond donors (Lipinski definition) is 2. The maximum Gasteiger partial charge on any atom is 0.407 e. The number of rotatable bonds is 5. The molecule has 6 heteroatoms. The van der Waals surface area contributed by atoms with Gasteiger partial charge in [-0.3, -0.25) is 4.79 Å². The van der Waals surface area contributed by atoms with Gasteiger partial charge < -0.3 is 14.8 Å². The van der Waals surface area contributed by atoms with Crippen molar-refractivity contribution < 1.29 is 19.1 Å². The molecule has 2 atom stereocenters. The zero-order chi connectivity index (χ0) is 14.3. The first-order valence-electron chi connectivity index (χ1n) is 5.84. The highest BCUT2D eigenvalue weighted by atomic mass is 32.1. The van der Waals surface area contributed by atoms with E-state index in [1.807, 2.05) is 18.2 Å². The van der Waals surface area contributed by atoms with Gasteiger partial charge in [0.05, 0.1) is 19.8 Å². The predicted molar refractivity (Wildman–Crippen MR) is 74.1 cm³/mol. The second-order valence-electron chi connectivity index (χ2n) is 3.72. The third-order valence-corrected chi connectivity index (χ3v) is 2.97. The second kappa shape index (κ2) is 7.68. The third-order valence-electron chi connectivity index (χ3n) is 2.46. The quantitative estimate of drug-likeness (QED) is 0.640. The summed E-state index contributed by atoms with van der Waals surface area (Å²) < 4.78 is 9.47. The molecule has 1 amide bonds. The summed E-state index contributed by atoms with van der Waals surface area (Å²) in [4.78, 5) is 23.1. The van der Waals surface area contributed by atoms with E-state index in [1.54, 1.807) is 19.1 Å². The van der Waals surface area contributed by atoms with Gasteiger partial charge in [-0.25, -0.2) is 4.79 Å². The molecule has 0 saturated heterocycles. The number of alkyl carbamates (subject to hydrolysis) is 1. The first-order chi connectivity index (χ1) is 9.10. The van der Waals surface area contributed by atoms with E-state index in [2.05, 4.69) is 22.7 Å². The third kappa shape index (κ3) is 4.48. The maximum atomic E-state index is 11.7. The Morgan fingerprint density at radius 2 is 1.95 bits per heavy atom. The number of hydrogen-bond acceptors (Lipinski definition) is 5. The van der Waals surface area contributed by atoms with Crippen LogP contribution in [0.3, 0.4) is 0 Å². The van der Waals surface area contributed by atoms with Crippen molar-refractivity contribution in [1.29, 1.82) is 0 Å². The van der Waals surface area contributed by atoms with Crippen molar-refractivity contribution in [3.63, 3.8) is 0 Å². The lowest BCUT2D eigenvalue weighted by Gasteiger charge is -2.22. The molecule has 5 nitrogen and oxygen atoms in total. The first-order valence-corrected chi connectivity index (χ1v) is 6.36. The topological polar surface area (TPSA) is 64.6 Å². The maximum absolute atomic E-state index is 11.7. The average Bonchev–Trinajstić information content (AvgIpc) is 2.44. The zero-order valence-corrected chi connectivity index (χ0v) is 11.7. The summed E-state index contributed by atoms with van der Waals surface area (Å²) in [5, 5.41) is 1.78. The molecule has 1 aromatic rings. The van der Waals surface area contributed by atoms with Crippen LogP contribution in [0.15, 0.2) is 30.3 Å². The van der Waals surface area contributed by atoms with E-state index in [1.165, 1.54) is 7.11 Å². The summed E-state index contributed by atoms with van der Waals surface area (Å²) >= 11 is 4.23. The Bertz CT molecular complexity index is 424. The Labute approximate surface area is 117 Å². The van der Waals surface area contributed by atoms with E-state index in [0.29, 0.717) is 0 Å². The minimum absolute atomic E-state index is 0.260. The first kappa shape index (κ1) is 15.4. The Morgan fingerprint density at radius 3 is 2.47 bits per heavy atom. The van der Waals surface area contributed by atoms with Gasteiger partial charge in [-0.05, 0) is 12.5 Å². The van der Waals surface area contributed by atoms with Gasteiger partial charge in [-0.2, -0.15) is 12.6 Å². The lowest BCUT2D eigenvalue weighted by Crippen LogP contribution is -2.38. The molecule has 0 saturated carbocycles. The number of nitrogens with one attached hydrogen (secondary N) is 1. The van der Waals surface area contributed by atoms with Crippen LogP contribution in [0.5, 0.6) is 0 Å². The molecule has 1 aromatic carbocycles. The number of benzene rings is 1. The van der Waals surface area contributed by atoms with E-state index < -0.39 is 23.4 Å². The molecule has 0 heterocycles. The van der Waals surface area contributed by atoms with Crippen LogP contribution in [0.1, 0.15) is 18.5 Å². The zero-order valence-electron chi connectivity index (χ0n) is 10.8. The molecular weight excluding hydrogens is 266 g/mol. The van der Waals surface area contributed by atoms with E-state index in [0.717, 1.165) is 5.56 Å². The predicted octanol–water partition coefficient (Wildman–Crippen LogP) is 1.95. The number of thiol groups is 1. The summed E-state index contributed by atoms with van der Waals surface area (Å²) in [5.74, 6) is -0.490. The Balaban J connectivity index is 2.92. The minimum Gasteiger partial charge on any atom is -0.465 e. The van der Waals surface area contributed by atoms with Crippen molar-refractivity contribution in [2.24, 2.45) is 0 Å². The van der Waals surface area contributed by atoms with Gasteiger partial charge in [0.15, 0.2) is 0 Å².